The maximum absolute atomic E-state index is 14.2. The number of aromatic nitrogens is 2. The third-order valence-corrected chi connectivity index (χ3v) is 6.63. The molecule has 4 aromatic rings. The normalized spacial score (nSPS) is 11.1. The fourth-order valence-electron chi connectivity index (χ4n) is 3.90. The number of nitrogens with one attached hydrogen (secondary N) is 1. The minimum atomic E-state index is -0.445. The summed E-state index contributed by atoms with van der Waals surface area (Å²) in [4.78, 5) is 38.1. The van der Waals surface area contributed by atoms with Crippen LogP contribution in [0, 0.1) is 5.82 Å². The fraction of sp³-hybridized carbons (Fsp3) is 0.269. The lowest BCUT2D eigenvalue weighted by atomic mass is 10.1. The van der Waals surface area contributed by atoms with Crippen molar-refractivity contribution < 1.29 is 9.18 Å². The van der Waals surface area contributed by atoms with Gasteiger partial charge in [0.15, 0.2) is 0 Å². The smallest absolute Gasteiger partial charge is 0.331 e. The van der Waals surface area contributed by atoms with Crippen LogP contribution in [0.25, 0.3) is 10.2 Å². The first-order valence-electron chi connectivity index (χ1n) is 11.3. The quantitative estimate of drug-likeness (QED) is 0.345. The standard InChI is InChI=1S/C26H26FN3O3S/c27-21-12-7-6-11-20(21)18-30-22-14-16-34-24(22)25(32)29(26(30)33)15-8-2-5-13-23(31)28-17-19-9-3-1-4-10-19/h1,3-4,6-7,9-12,14,16H,2,5,8,13,15,17-18H2,(H,28,31). The second-order valence-corrected chi connectivity index (χ2v) is 9.04. The Bertz CT molecular complexity index is 1390. The van der Waals surface area contributed by atoms with Crippen LogP contribution in [0.2, 0.25) is 0 Å². The summed E-state index contributed by atoms with van der Waals surface area (Å²) in [5, 5.41) is 4.67. The molecule has 6 nitrogen and oxygen atoms in total. The van der Waals surface area contributed by atoms with Gasteiger partial charge < -0.3 is 5.32 Å². The topological polar surface area (TPSA) is 73.1 Å². The van der Waals surface area contributed by atoms with Crippen molar-refractivity contribution in [3.63, 3.8) is 0 Å². The van der Waals surface area contributed by atoms with E-state index in [1.54, 1.807) is 29.6 Å². The first-order chi connectivity index (χ1) is 16.5. The van der Waals surface area contributed by atoms with Crippen LogP contribution >= 0.6 is 11.3 Å². The molecule has 0 saturated heterocycles. The zero-order valence-corrected chi connectivity index (χ0v) is 19.5. The molecular formula is C26H26FN3O3S. The van der Waals surface area contributed by atoms with Gasteiger partial charge in [0.05, 0.1) is 12.1 Å². The van der Waals surface area contributed by atoms with Gasteiger partial charge in [0.25, 0.3) is 5.56 Å². The number of fused-ring (bicyclic) bond motifs is 1. The molecule has 1 amide bonds. The van der Waals surface area contributed by atoms with E-state index in [4.69, 9.17) is 0 Å². The molecule has 0 atom stereocenters. The first kappa shape index (κ1) is 23.6. The molecule has 2 heterocycles. The highest BCUT2D eigenvalue weighted by molar-refractivity contribution is 7.17. The molecule has 2 aromatic heterocycles. The molecule has 0 aliphatic carbocycles. The molecule has 34 heavy (non-hydrogen) atoms. The van der Waals surface area contributed by atoms with Crippen LogP contribution in [-0.4, -0.2) is 15.0 Å². The molecule has 2 aromatic carbocycles. The number of thiophene rings is 1. The Morgan fingerprint density at radius 1 is 0.912 bits per heavy atom. The van der Waals surface area contributed by atoms with Crippen molar-refractivity contribution in [2.24, 2.45) is 0 Å². The number of halogens is 1. The predicted octanol–water partition coefficient (Wildman–Crippen LogP) is 4.29. The SMILES string of the molecule is O=C(CCCCCn1c(=O)c2sccc2n(Cc2ccccc2F)c1=O)NCc1ccccc1. The molecule has 0 aliphatic rings. The van der Waals surface area contributed by atoms with Crippen molar-refractivity contribution >= 4 is 27.5 Å². The van der Waals surface area contributed by atoms with E-state index >= 15 is 0 Å². The molecule has 8 heteroatoms. The van der Waals surface area contributed by atoms with Crippen LogP contribution in [0.5, 0.6) is 0 Å². The van der Waals surface area contributed by atoms with Gasteiger partial charge in [0.2, 0.25) is 5.91 Å². The Hall–Kier alpha value is -3.52. The Balaban J connectivity index is 1.37. The number of nitrogens with zero attached hydrogens (tertiary/aromatic N) is 2. The van der Waals surface area contributed by atoms with Crippen molar-refractivity contribution in [3.05, 3.63) is 104 Å². The monoisotopic (exact) mass is 479 g/mol. The number of amides is 1. The Labute approximate surface area is 200 Å². The summed E-state index contributed by atoms with van der Waals surface area (Å²) in [6.07, 6.45) is 2.36. The highest BCUT2D eigenvalue weighted by Crippen LogP contribution is 2.17. The minimum Gasteiger partial charge on any atom is -0.352 e. The van der Waals surface area contributed by atoms with E-state index in [1.807, 2.05) is 30.3 Å². The van der Waals surface area contributed by atoms with Crippen molar-refractivity contribution in [2.45, 2.75) is 45.3 Å². The van der Waals surface area contributed by atoms with E-state index in [9.17, 15) is 18.8 Å². The molecule has 0 fully saturated rings. The number of carbonyl (C=O) groups excluding carboxylic acids is 1. The zero-order chi connectivity index (χ0) is 23.9. The van der Waals surface area contributed by atoms with Gasteiger partial charge in [-0.25, -0.2) is 9.18 Å². The molecule has 0 aliphatic heterocycles. The molecule has 0 saturated carbocycles. The largest absolute Gasteiger partial charge is 0.352 e. The fourth-order valence-corrected chi connectivity index (χ4v) is 4.74. The summed E-state index contributed by atoms with van der Waals surface area (Å²) in [6.45, 7) is 0.812. The van der Waals surface area contributed by atoms with E-state index in [0.717, 1.165) is 5.56 Å². The van der Waals surface area contributed by atoms with E-state index in [1.165, 1.54) is 26.5 Å². The van der Waals surface area contributed by atoms with Crippen LogP contribution < -0.4 is 16.6 Å². The van der Waals surface area contributed by atoms with Gasteiger partial charge in [-0.1, -0.05) is 55.0 Å². The highest BCUT2D eigenvalue weighted by Gasteiger charge is 2.15. The number of benzene rings is 2. The van der Waals surface area contributed by atoms with E-state index in [0.29, 0.717) is 48.0 Å². The zero-order valence-electron chi connectivity index (χ0n) is 18.7. The molecule has 0 radical (unpaired) electrons. The number of hydrogen-bond acceptors (Lipinski definition) is 4. The van der Waals surface area contributed by atoms with Crippen LogP contribution in [0.4, 0.5) is 4.39 Å². The van der Waals surface area contributed by atoms with Crippen LogP contribution in [0.15, 0.2) is 75.6 Å². The van der Waals surface area contributed by atoms with Crippen molar-refractivity contribution in [1.82, 2.24) is 14.5 Å². The van der Waals surface area contributed by atoms with Gasteiger partial charge in [-0.2, -0.15) is 0 Å². The van der Waals surface area contributed by atoms with Gasteiger partial charge in [-0.05, 0) is 35.9 Å². The number of hydrogen-bond donors (Lipinski definition) is 1. The van der Waals surface area contributed by atoms with Crippen molar-refractivity contribution in [2.75, 3.05) is 0 Å². The lowest BCUT2D eigenvalue weighted by Crippen LogP contribution is -2.40. The second-order valence-electron chi connectivity index (χ2n) is 8.12. The first-order valence-corrected chi connectivity index (χ1v) is 12.2. The molecule has 0 spiro atoms. The molecule has 0 unspecified atom stereocenters. The van der Waals surface area contributed by atoms with Gasteiger partial charge >= 0.3 is 5.69 Å². The highest BCUT2D eigenvalue weighted by atomic mass is 32.1. The maximum atomic E-state index is 14.2. The van der Waals surface area contributed by atoms with Gasteiger partial charge in [-0.3, -0.25) is 18.7 Å². The molecule has 0 bridgehead atoms. The molecule has 4 rings (SSSR count). The van der Waals surface area contributed by atoms with Crippen molar-refractivity contribution in [3.8, 4) is 0 Å². The average molecular weight is 480 g/mol. The Morgan fingerprint density at radius 2 is 1.68 bits per heavy atom. The Morgan fingerprint density at radius 3 is 2.47 bits per heavy atom. The Kier molecular flexibility index (Phi) is 7.69. The maximum Gasteiger partial charge on any atom is 0.331 e. The van der Waals surface area contributed by atoms with Gasteiger partial charge in [0, 0.05) is 25.1 Å². The molecular weight excluding hydrogens is 453 g/mol. The summed E-state index contributed by atoms with van der Waals surface area (Å²) in [5.74, 6) is -0.408. The predicted molar refractivity (Wildman–Crippen MR) is 133 cm³/mol. The third-order valence-electron chi connectivity index (χ3n) is 5.74. The summed E-state index contributed by atoms with van der Waals surface area (Å²) in [7, 11) is 0. The average Bonchev–Trinajstić information content (AvgIpc) is 3.34. The molecule has 176 valence electrons. The van der Waals surface area contributed by atoms with Gasteiger partial charge in [0.1, 0.15) is 10.5 Å². The number of rotatable bonds is 10. The lowest BCUT2D eigenvalue weighted by molar-refractivity contribution is -0.121. The summed E-state index contributed by atoms with van der Waals surface area (Å²) in [6, 6.07) is 17.8. The summed E-state index contributed by atoms with van der Waals surface area (Å²) in [5.41, 5.74) is 1.20. The van der Waals surface area contributed by atoms with Gasteiger partial charge in [-0.15, -0.1) is 11.3 Å². The van der Waals surface area contributed by atoms with Crippen LogP contribution in [0.1, 0.15) is 36.8 Å². The third kappa shape index (κ3) is 5.51. The lowest BCUT2D eigenvalue weighted by Gasteiger charge is -2.13. The van der Waals surface area contributed by atoms with E-state index < -0.39 is 5.69 Å². The van der Waals surface area contributed by atoms with Crippen molar-refractivity contribution in [1.29, 1.82) is 0 Å². The summed E-state index contributed by atoms with van der Waals surface area (Å²) < 4.78 is 17.4. The second kappa shape index (κ2) is 11.1. The van der Waals surface area contributed by atoms with E-state index in [-0.39, 0.29) is 30.4 Å². The number of unbranched alkanes of at least 4 members (excludes halogenated alkanes) is 2. The summed E-state index contributed by atoms with van der Waals surface area (Å²) >= 11 is 1.28. The van der Waals surface area contributed by atoms with Crippen LogP contribution in [0.3, 0.4) is 0 Å². The van der Waals surface area contributed by atoms with E-state index in [2.05, 4.69) is 5.32 Å². The minimum absolute atomic E-state index is 0.0201. The molecule has 1 N–H and O–H groups in total. The number of carbonyl (C=O) groups is 1. The van der Waals surface area contributed by atoms with Crippen LogP contribution in [-0.2, 0) is 24.4 Å².